The van der Waals surface area contributed by atoms with Crippen LogP contribution in [0.25, 0.3) is 5.57 Å². The second kappa shape index (κ2) is 7.91. The molecule has 0 fully saturated rings. The van der Waals surface area contributed by atoms with E-state index in [0.29, 0.717) is 16.9 Å². The molecular weight excluding hydrogens is 340 g/mol. The summed E-state index contributed by atoms with van der Waals surface area (Å²) in [5.41, 5.74) is 3.07. The summed E-state index contributed by atoms with van der Waals surface area (Å²) in [5, 5.41) is 3.14. The molecule has 138 valence electrons. The van der Waals surface area contributed by atoms with E-state index >= 15 is 0 Å². The van der Waals surface area contributed by atoms with E-state index in [-0.39, 0.29) is 24.1 Å². The number of rotatable bonds is 7. The van der Waals surface area contributed by atoms with Gasteiger partial charge in [0.05, 0.1) is 12.7 Å². The molecule has 0 aliphatic carbocycles. The van der Waals surface area contributed by atoms with E-state index in [0.717, 1.165) is 12.1 Å². The van der Waals surface area contributed by atoms with Crippen LogP contribution in [0.1, 0.15) is 18.1 Å². The highest BCUT2D eigenvalue weighted by atomic mass is 16.5. The molecule has 1 heterocycles. The Morgan fingerprint density at radius 2 is 1.78 bits per heavy atom. The molecule has 1 aliphatic heterocycles. The van der Waals surface area contributed by atoms with Crippen molar-refractivity contribution < 1.29 is 14.3 Å². The first-order chi connectivity index (χ1) is 13.1. The first kappa shape index (κ1) is 18.5. The molecule has 1 aliphatic rings. The van der Waals surface area contributed by atoms with Gasteiger partial charge in [0.15, 0.2) is 0 Å². The molecule has 1 N–H and O–H groups in total. The molecule has 0 saturated heterocycles. The maximum atomic E-state index is 13.0. The SMILES string of the molecule is C=CCN1C(=O)C(Nc2ccc(CC)cc2)=C(c2ccccc2OC)C1=O. The van der Waals surface area contributed by atoms with Gasteiger partial charge in [-0.15, -0.1) is 6.58 Å². The first-order valence-corrected chi connectivity index (χ1v) is 8.81. The number of imide groups is 1. The Balaban J connectivity index is 2.09. The Morgan fingerprint density at radius 1 is 1.07 bits per heavy atom. The Morgan fingerprint density at radius 3 is 2.41 bits per heavy atom. The van der Waals surface area contributed by atoms with Gasteiger partial charge in [0, 0.05) is 17.8 Å². The zero-order chi connectivity index (χ0) is 19.4. The van der Waals surface area contributed by atoms with E-state index in [1.54, 1.807) is 19.2 Å². The van der Waals surface area contributed by atoms with Crippen LogP contribution in [0.4, 0.5) is 5.69 Å². The van der Waals surface area contributed by atoms with Gasteiger partial charge in [0.2, 0.25) is 0 Å². The third-order valence-corrected chi connectivity index (χ3v) is 4.49. The van der Waals surface area contributed by atoms with Crippen molar-refractivity contribution in [1.82, 2.24) is 4.90 Å². The van der Waals surface area contributed by atoms with Gasteiger partial charge in [-0.1, -0.05) is 43.3 Å². The van der Waals surface area contributed by atoms with Crippen LogP contribution in [0.3, 0.4) is 0 Å². The number of nitrogens with one attached hydrogen (secondary N) is 1. The lowest BCUT2D eigenvalue weighted by atomic mass is 10.0. The van der Waals surface area contributed by atoms with E-state index < -0.39 is 0 Å². The minimum atomic E-state index is -0.375. The van der Waals surface area contributed by atoms with Crippen molar-refractivity contribution in [2.24, 2.45) is 0 Å². The van der Waals surface area contributed by atoms with E-state index in [9.17, 15) is 9.59 Å². The van der Waals surface area contributed by atoms with Crippen LogP contribution < -0.4 is 10.1 Å². The van der Waals surface area contributed by atoms with Crippen LogP contribution in [0.2, 0.25) is 0 Å². The largest absolute Gasteiger partial charge is 0.496 e. The number of aryl methyl sites for hydroxylation is 1. The molecule has 0 saturated carbocycles. The van der Waals surface area contributed by atoms with Crippen LogP contribution in [0, 0.1) is 0 Å². The van der Waals surface area contributed by atoms with Gasteiger partial charge in [-0.05, 0) is 30.2 Å². The highest BCUT2D eigenvalue weighted by Gasteiger charge is 2.39. The maximum absolute atomic E-state index is 13.0. The van der Waals surface area contributed by atoms with Crippen LogP contribution in [0.15, 0.2) is 66.9 Å². The molecule has 5 heteroatoms. The fourth-order valence-electron chi connectivity index (χ4n) is 3.06. The number of benzene rings is 2. The second-order valence-corrected chi connectivity index (χ2v) is 6.14. The van der Waals surface area contributed by atoms with E-state index in [1.165, 1.54) is 16.5 Å². The summed E-state index contributed by atoms with van der Waals surface area (Å²) in [4.78, 5) is 27.1. The van der Waals surface area contributed by atoms with Gasteiger partial charge in [0.25, 0.3) is 11.8 Å². The fourth-order valence-corrected chi connectivity index (χ4v) is 3.06. The third-order valence-electron chi connectivity index (χ3n) is 4.49. The van der Waals surface area contributed by atoms with E-state index in [4.69, 9.17) is 4.74 Å². The zero-order valence-electron chi connectivity index (χ0n) is 15.5. The summed E-state index contributed by atoms with van der Waals surface area (Å²) in [5.74, 6) is -0.202. The van der Waals surface area contributed by atoms with Crippen molar-refractivity contribution in [2.75, 3.05) is 19.0 Å². The number of hydrogen-bond donors (Lipinski definition) is 1. The summed E-state index contributed by atoms with van der Waals surface area (Å²) < 4.78 is 5.40. The van der Waals surface area contributed by atoms with E-state index in [1.807, 2.05) is 36.4 Å². The summed E-state index contributed by atoms with van der Waals surface area (Å²) in [7, 11) is 1.54. The van der Waals surface area contributed by atoms with Gasteiger partial charge in [0.1, 0.15) is 11.4 Å². The average molecular weight is 362 g/mol. The van der Waals surface area contributed by atoms with Crippen molar-refractivity contribution in [1.29, 1.82) is 0 Å². The molecule has 5 nitrogen and oxygen atoms in total. The molecule has 2 aromatic carbocycles. The van der Waals surface area contributed by atoms with Gasteiger partial charge >= 0.3 is 0 Å². The van der Waals surface area contributed by atoms with Crippen LogP contribution in [0.5, 0.6) is 5.75 Å². The number of ether oxygens (including phenoxy) is 1. The van der Waals surface area contributed by atoms with Crippen molar-refractivity contribution in [3.63, 3.8) is 0 Å². The van der Waals surface area contributed by atoms with Gasteiger partial charge < -0.3 is 10.1 Å². The fraction of sp³-hybridized carbons (Fsp3) is 0.182. The molecule has 0 radical (unpaired) electrons. The van der Waals surface area contributed by atoms with Gasteiger partial charge in [-0.3, -0.25) is 14.5 Å². The number of amides is 2. The van der Waals surface area contributed by atoms with Crippen molar-refractivity contribution in [2.45, 2.75) is 13.3 Å². The predicted octanol–water partition coefficient (Wildman–Crippen LogP) is 3.64. The summed E-state index contributed by atoms with van der Waals surface area (Å²) in [6.45, 7) is 5.87. The average Bonchev–Trinajstić information content (AvgIpc) is 2.93. The quantitative estimate of drug-likeness (QED) is 0.604. The number of carbonyl (C=O) groups is 2. The minimum Gasteiger partial charge on any atom is -0.496 e. The smallest absolute Gasteiger partial charge is 0.278 e. The van der Waals surface area contributed by atoms with Gasteiger partial charge in [-0.2, -0.15) is 0 Å². The number of nitrogens with zero attached hydrogens (tertiary/aromatic N) is 1. The Hall–Kier alpha value is -3.34. The Bertz CT molecular complexity index is 913. The first-order valence-electron chi connectivity index (χ1n) is 8.81. The highest BCUT2D eigenvalue weighted by Crippen LogP contribution is 2.35. The van der Waals surface area contributed by atoms with E-state index in [2.05, 4.69) is 18.8 Å². The van der Waals surface area contributed by atoms with Crippen molar-refractivity contribution >= 4 is 23.1 Å². The predicted molar refractivity (Wildman–Crippen MR) is 106 cm³/mol. The molecule has 2 aromatic rings. The minimum absolute atomic E-state index is 0.149. The number of carbonyl (C=O) groups excluding carboxylic acids is 2. The molecule has 27 heavy (non-hydrogen) atoms. The molecule has 0 aromatic heterocycles. The molecule has 2 amide bonds. The summed E-state index contributed by atoms with van der Waals surface area (Å²) in [6, 6.07) is 15.0. The molecule has 0 atom stereocenters. The third kappa shape index (κ3) is 3.49. The molecule has 0 spiro atoms. The summed E-state index contributed by atoms with van der Waals surface area (Å²) in [6.07, 6.45) is 2.47. The second-order valence-electron chi connectivity index (χ2n) is 6.14. The topological polar surface area (TPSA) is 58.6 Å². The summed E-state index contributed by atoms with van der Waals surface area (Å²) >= 11 is 0. The van der Waals surface area contributed by atoms with Crippen LogP contribution in [-0.4, -0.2) is 30.4 Å². The molecule has 0 unspecified atom stereocenters. The van der Waals surface area contributed by atoms with Crippen LogP contribution in [-0.2, 0) is 16.0 Å². The van der Waals surface area contributed by atoms with Crippen molar-refractivity contribution in [3.8, 4) is 5.75 Å². The monoisotopic (exact) mass is 362 g/mol. The molecule has 3 rings (SSSR count). The number of anilines is 1. The molecular formula is C22H22N2O3. The number of hydrogen-bond acceptors (Lipinski definition) is 4. The standard InChI is InChI=1S/C22H22N2O3/c1-4-14-24-21(25)19(17-8-6-7-9-18(17)27-3)20(22(24)26)23-16-12-10-15(5-2)11-13-16/h4,6-13,23H,1,5,14H2,2-3H3. The van der Waals surface area contributed by atoms with Gasteiger partial charge in [-0.25, -0.2) is 0 Å². The highest BCUT2D eigenvalue weighted by molar-refractivity contribution is 6.37. The number of methoxy groups -OCH3 is 1. The lowest BCUT2D eigenvalue weighted by Gasteiger charge is -2.12. The lowest BCUT2D eigenvalue weighted by molar-refractivity contribution is -0.136. The Labute approximate surface area is 158 Å². The van der Waals surface area contributed by atoms with Crippen molar-refractivity contribution in [3.05, 3.63) is 78.0 Å². The number of para-hydroxylation sites is 1. The molecule has 0 bridgehead atoms. The maximum Gasteiger partial charge on any atom is 0.278 e. The lowest BCUT2D eigenvalue weighted by Crippen LogP contribution is -2.32. The normalized spacial score (nSPS) is 13.9. The van der Waals surface area contributed by atoms with Crippen LogP contribution >= 0.6 is 0 Å². The zero-order valence-corrected chi connectivity index (χ0v) is 15.5. The Kier molecular flexibility index (Phi) is 5.41.